The lowest BCUT2D eigenvalue weighted by atomic mass is 10.0. The van der Waals surface area contributed by atoms with Gasteiger partial charge in [-0.25, -0.2) is 4.39 Å². The number of aliphatic hydroxyl groups is 1. The van der Waals surface area contributed by atoms with Crippen LogP contribution in [0, 0.1) is 10.5 Å². The van der Waals surface area contributed by atoms with E-state index in [4.69, 9.17) is 12.2 Å². The smallest absolute Gasteiger partial charge is 0.254 e. The molecule has 0 aliphatic rings. The number of aliphatic hydroxyl groups excluding tert-OH is 1. The number of aromatic nitrogens is 1. The molecule has 2 atom stereocenters. The highest BCUT2D eigenvalue weighted by Gasteiger charge is 2.16. The molecular formula is C16H17FN2O2S. The lowest BCUT2D eigenvalue weighted by Gasteiger charge is -2.18. The van der Waals surface area contributed by atoms with E-state index in [1.807, 2.05) is 0 Å². The third-order valence-corrected chi connectivity index (χ3v) is 3.61. The molecule has 0 saturated heterocycles. The van der Waals surface area contributed by atoms with Crippen molar-refractivity contribution >= 4 is 18.1 Å². The lowest BCUT2D eigenvalue weighted by molar-refractivity contribution is 0.0916. The molecule has 0 saturated carbocycles. The van der Waals surface area contributed by atoms with E-state index in [1.165, 1.54) is 24.3 Å². The third kappa shape index (κ3) is 4.22. The van der Waals surface area contributed by atoms with E-state index in [0.717, 1.165) is 0 Å². The summed E-state index contributed by atoms with van der Waals surface area (Å²) >= 11 is 5.06. The van der Waals surface area contributed by atoms with E-state index in [2.05, 4.69) is 10.3 Å². The van der Waals surface area contributed by atoms with Crippen LogP contribution < -0.4 is 5.32 Å². The van der Waals surface area contributed by atoms with Gasteiger partial charge >= 0.3 is 0 Å². The van der Waals surface area contributed by atoms with E-state index in [0.29, 0.717) is 22.2 Å². The Morgan fingerprint density at radius 3 is 2.68 bits per heavy atom. The van der Waals surface area contributed by atoms with E-state index in [-0.39, 0.29) is 17.8 Å². The van der Waals surface area contributed by atoms with Crippen LogP contribution in [0.4, 0.5) is 4.39 Å². The highest BCUT2D eigenvalue weighted by atomic mass is 32.1. The summed E-state index contributed by atoms with van der Waals surface area (Å²) in [5.74, 6) is -0.642. The maximum atomic E-state index is 12.9. The second-order valence-electron chi connectivity index (χ2n) is 5.09. The zero-order valence-corrected chi connectivity index (χ0v) is 12.9. The van der Waals surface area contributed by atoms with Crippen molar-refractivity contribution in [3.8, 4) is 0 Å². The summed E-state index contributed by atoms with van der Waals surface area (Å²) in [7, 11) is 0. The first-order valence-corrected chi connectivity index (χ1v) is 7.30. The standard InChI is InChI=1S/C16H17FN2O2S/c1-10(9-14(20)11-4-6-12(17)7-5-11)19-15(21)13-3-2-8-18-16(13)22/h2-8,10,14,20H,9H2,1H3,(H,18,22)(H,19,21)/t10-,14-/m1/s1. The molecule has 116 valence electrons. The Labute approximate surface area is 133 Å². The fourth-order valence-corrected chi connectivity index (χ4v) is 2.35. The molecule has 6 heteroatoms. The van der Waals surface area contributed by atoms with Crippen molar-refractivity contribution < 1.29 is 14.3 Å². The Kier molecular flexibility index (Phi) is 5.41. The maximum Gasteiger partial charge on any atom is 0.254 e. The highest BCUT2D eigenvalue weighted by Crippen LogP contribution is 2.18. The number of halogens is 1. The van der Waals surface area contributed by atoms with Crippen LogP contribution in [0.15, 0.2) is 42.6 Å². The van der Waals surface area contributed by atoms with Gasteiger partial charge in [-0.3, -0.25) is 4.79 Å². The number of carbonyl (C=O) groups excluding carboxylic acids is 1. The average Bonchev–Trinajstić information content (AvgIpc) is 2.48. The van der Waals surface area contributed by atoms with Crippen LogP contribution in [-0.4, -0.2) is 22.0 Å². The van der Waals surface area contributed by atoms with Crippen LogP contribution in [0.2, 0.25) is 0 Å². The number of nitrogens with one attached hydrogen (secondary N) is 2. The minimum Gasteiger partial charge on any atom is -0.388 e. The van der Waals surface area contributed by atoms with Gasteiger partial charge in [-0.1, -0.05) is 24.4 Å². The summed E-state index contributed by atoms with van der Waals surface area (Å²) in [4.78, 5) is 14.9. The predicted molar refractivity (Wildman–Crippen MR) is 84.5 cm³/mol. The molecule has 2 aromatic rings. The van der Waals surface area contributed by atoms with E-state index in [1.54, 1.807) is 25.3 Å². The van der Waals surface area contributed by atoms with Gasteiger partial charge in [-0.15, -0.1) is 0 Å². The molecule has 0 spiro atoms. The third-order valence-electron chi connectivity index (χ3n) is 3.27. The molecule has 4 nitrogen and oxygen atoms in total. The van der Waals surface area contributed by atoms with Gasteiger partial charge in [-0.05, 0) is 43.2 Å². The van der Waals surface area contributed by atoms with Crippen molar-refractivity contribution in [3.63, 3.8) is 0 Å². The van der Waals surface area contributed by atoms with Crippen LogP contribution >= 0.6 is 12.2 Å². The van der Waals surface area contributed by atoms with Gasteiger partial charge in [0.15, 0.2) is 0 Å². The van der Waals surface area contributed by atoms with Crippen LogP contribution in [0.1, 0.15) is 35.4 Å². The Morgan fingerprint density at radius 1 is 1.36 bits per heavy atom. The SMILES string of the molecule is C[C@H](C[C@@H](O)c1ccc(F)cc1)NC(=O)c1ccc[nH]c1=S. The molecule has 1 aromatic carbocycles. The van der Waals surface area contributed by atoms with Gasteiger partial charge < -0.3 is 15.4 Å². The molecule has 1 aromatic heterocycles. The van der Waals surface area contributed by atoms with Gasteiger partial charge in [0.2, 0.25) is 0 Å². The first kappa shape index (κ1) is 16.3. The molecule has 0 aliphatic heterocycles. The molecule has 0 radical (unpaired) electrons. The Bertz CT molecular complexity index is 700. The number of hydrogen-bond donors (Lipinski definition) is 3. The van der Waals surface area contributed by atoms with E-state index >= 15 is 0 Å². The molecule has 22 heavy (non-hydrogen) atoms. The van der Waals surface area contributed by atoms with Crippen molar-refractivity contribution in [1.82, 2.24) is 10.3 Å². The molecule has 0 unspecified atom stereocenters. The number of aromatic amines is 1. The molecule has 0 bridgehead atoms. The molecule has 0 fully saturated rings. The van der Waals surface area contributed by atoms with Gasteiger partial charge in [0.25, 0.3) is 5.91 Å². The molecule has 2 rings (SSSR count). The summed E-state index contributed by atoms with van der Waals surface area (Å²) in [6, 6.07) is 8.72. The number of benzene rings is 1. The number of rotatable bonds is 5. The van der Waals surface area contributed by atoms with Crippen molar-refractivity contribution in [3.05, 3.63) is 64.2 Å². The first-order valence-electron chi connectivity index (χ1n) is 6.89. The molecule has 3 N–H and O–H groups in total. The maximum absolute atomic E-state index is 12.9. The second kappa shape index (κ2) is 7.29. The topological polar surface area (TPSA) is 65.1 Å². The zero-order valence-electron chi connectivity index (χ0n) is 12.0. The van der Waals surface area contributed by atoms with E-state index in [9.17, 15) is 14.3 Å². The Balaban J connectivity index is 1.96. The largest absolute Gasteiger partial charge is 0.388 e. The van der Waals surface area contributed by atoms with Gasteiger partial charge in [-0.2, -0.15) is 0 Å². The summed E-state index contributed by atoms with van der Waals surface area (Å²) in [5, 5.41) is 12.9. The van der Waals surface area contributed by atoms with Crippen LogP contribution in [0.25, 0.3) is 0 Å². The number of pyridine rings is 1. The molecule has 0 aliphatic carbocycles. The predicted octanol–water partition coefficient (Wildman–Crippen LogP) is 3.13. The number of H-pyrrole nitrogens is 1. The minimum atomic E-state index is -0.777. The van der Waals surface area contributed by atoms with E-state index < -0.39 is 6.10 Å². The molecule has 1 amide bonds. The number of amides is 1. The minimum absolute atomic E-state index is 0.262. The van der Waals surface area contributed by atoms with Crippen LogP contribution in [0.5, 0.6) is 0 Å². The number of carbonyl (C=O) groups is 1. The molecular weight excluding hydrogens is 303 g/mol. The monoisotopic (exact) mass is 320 g/mol. The van der Waals surface area contributed by atoms with Crippen LogP contribution in [-0.2, 0) is 0 Å². The summed E-state index contributed by atoms with van der Waals surface area (Å²) in [6.45, 7) is 1.79. The number of hydrogen-bond acceptors (Lipinski definition) is 3. The van der Waals surface area contributed by atoms with Crippen LogP contribution in [0.3, 0.4) is 0 Å². The second-order valence-corrected chi connectivity index (χ2v) is 5.50. The summed E-state index contributed by atoms with van der Waals surface area (Å²) in [6.07, 6.45) is 1.20. The van der Waals surface area contributed by atoms with Crippen molar-refractivity contribution in [2.24, 2.45) is 0 Å². The fraction of sp³-hybridized carbons (Fsp3) is 0.250. The van der Waals surface area contributed by atoms with Crippen molar-refractivity contribution in [2.75, 3.05) is 0 Å². The van der Waals surface area contributed by atoms with Crippen molar-refractivity contribution in [2.45, 2.75) is 25.5 Å². The van der Waals surface area contributed by atoms with Gasteiger partial charge in [0, 0.05) is 12.2 Å². The first-order chi connectivity index (χ1) is 10.5. The quantitative estimate of drug-likeness (QED) is 0.742. The highest BCUT2D eigenvalue weighted by molar-refractivity contribution is 7.71. The Morgan fingerprint density at radius 2 is 2.05 bits per heavy atom. The fourth-order valence-electron chi connectivity index (χ4n) is 2.12. The summed E-state index contributed by atoms with van der Waals surface area (Å²) < 4.78 is 13.2. The summed E-state index contributed by atoms with van der Waals surface area (Å²) in [5.41, 5.74) is 1.00. The normalized spacial score (nSPS) is 13.4. The van der Waals surface area contributed by atoms with Crippen molar-refractivity contribution in [1.29, 1.82) is 0 Å². The lowest BCUT2D eigenvalue weighted by Crippen LogP contribution is -2.34. The molecule has 1 heterocycles. The average molecular weight is 320 g/mol. The van der Waals surface area contributed by atoms with Gasteiger partial charge in [0.1, 0.15) is 10.5 Å². The van der Waals surface area contributed by atoms with Gasteiger partial charge in [0.05, 0.1) is 11.7 Å². The zero-order chi connectivity index (χ0) is 16.1. The Hall–Kier alpha value is -2.05.